The number of halogens is 1. The molecule has 5 rings (SSSR count). The molecule has 0 spiro atoms. The number of hydrogen-bond acceptors (Lipinski definition) is 4. The van der Waals surface area contributed by atoms with Crippen LogP contribution in [0.2, 0.25) is 0 Å². The first-order chi connectivity index (χ1) is 19.0. The number of likely N-dealkylation sites (tertiary alicyclic amines) is 1. The zero-order valence-electron chi connectivity index (χ0n) is 22.7. The Balaban J connectivity index is 1.41. The molecule has 0 aromatic heterocycles. The van der Waals surface area contributed by atoms with E-state index in [0.717, 1.165) is 47.5 Å². The number of fused-ring (bicyclic) bond motifs is 1. The summed E-state index contributed by atoms with van der Waals surface area (Å²) in [5, 5.41) is 0. The fourth-order valence-corrected chi connectivity index (χ4v) is 5.82. The number of ketones is 2. The molecule has 39 heavy (non-hydrogen) atoms. The Kier molecular flexibility index (Phi) is 8.77. The molecule has 2 atom stereocenters. The van der Waals surface area contributed by atoms with Gasteiger partial charge in [0, 0.05) is 30.0 Å². The van der Waals surface area contributed by atoms with Gasteiger partial charge in [0.05, 0.1) is 11.6 Å². The summed E-state index contributed by atoms with van der Waals surface area (Å²) in [4.78, 5) is 34.6. The molecule has 2 aliphatic heterocycles. The number of carbonyl (C=O) groups excluding carboxylic acids is 2. The lowest BCUT2D eigenvalue weighted by Gasteiger charge is -2.20. The number of hydrogen-bond donors (Lipinski definition) is 0. The highest BCUT2D eigenvalue weighted by Gasteiger charge is 2.33. The quantitative estimate of drug-likeness (QED) is 0.209. The van der Waals surface area contributed by atoms with Crippen LogP contribution >= 0.6 is 0 Å². The smallest absolute Gasteiger partial charge is 0.162 e. The lowest BCUT2D eigenvalue weighted by Crippen LogP contribution is -2.27. The first-order valence-corrected chi connectivity index (χ1v) is 14.3. The summed E-state index contributed by atoms with van der Waals surface area (Å²) in [5.74, 6) is -0.931. The summed E-state index contributed by atoms with van der Waals surface area (Å²) in [7, 11) is 0. The van der Waals surface area contributed by atoms with Crippen LogP contribution in [-0.2, 0) is 17.6 Å². The lowest BCUT2D eigenvalue weighted by atomic mass is 9.81. The van der Waals surface area contributed by atoms with Crippen molar-refractivity contribution >= 4 is 23.0 Å². The fraction of sp³-hybridized carbons (Fsp3) is 0.382. The van der Waals surface area contributed by atoms with Crippen LogP contribution in [0.5, 0.6) is 0 Å². The summed E-state index contributed by atoms with van der Waals surface area (Å²) in [6.45, 7) is 5.34. The number of benzene rings is 3. The van der Waals surface area contributed by atoms with Crippen LogP contribution in [0, 0.1) is 11.7 Å². The topological polar surface area (TPSA) is 49.7 Å². The van der Waals surface area contributed by atoms with Gasteiger partial charge in [-0.25, -0.2) is 4.39 Å². The molecule has 5 heteroatoms. The van der Waals surface area contributed by atoms with E-state index in [0.29, 0.717) is 24.8 Å². The molecule has 0 N–H and O–H groups in total. The van der Waals surface area contributed by atoms with Gasteiger partial charge >= 0.3 is 0 Å². The molecule has 3 aromatic carbocycles. The maximum Gasteiger partial charge on any atom is 0.162 e. The molecule has 0 bridgehead atoms. The Morgan fingerprint density at radius 1 is 0.949 bits per heavy atom. The number of Topliss-reactive ketones (excluding diaryl/α,β-unsaturated/α-hetero) is 2. The molecule has 0 saturated carbocycles. The van der Waals surface area contributed by atoms with Crippen LogP contribution in [0.25, 0.3) is 0 Å². The van der Waals surface area contributed by atoms with Crippen molar-refractivity contribution < 1.29 is 14.0 Å². The van der Waals surface area contributed by atoms with Gasteiger partial charge in [-0.1, -0.05) is 49.4 Å². The molecule has 2 unspecified atom stereocenters. The van der Waals surface area contributed by atoms with Crippen molar-refractivity contribution in [3.63, 3.8) is 0 Å². The second kappa shape index (κ2) is 12.6. The van der Waals surface area contributed by atoms with Crippen LogP contribution in [0.15, 0.2) is 77.8 Å². The third kappa shape index (κ3) is 6.77. The van der Waals surface area contributed by atoms with Crippen molar-refractivity contribution in [2.75, 3.05) is 19.6 Å². The maximum atomic E-state index is 14.0. The predicted molar refractivity (Wildman–Crippen MR) is 155 cm³/mol. The van der Waals surface area contributed by atoms with Gasteiger partial charge in [-0.05, 0) is 98.8 Å². The van der Waals surface area contributed by atoms with Crippen LogP contribution in [-0.4, -0.2) is 41.8 Å². The van der Waals surface area contributed by atoms with Gasteiger partial charge in [0.15, 0.2) is 5.78 Å². The molecule has 202 valence electrons. The molecule has 0 amide bonds. The van der Waals surface area contributed by atoms with Crippen LogP contribution in [0.4, 0.5) is 10.1 Å². The van der Waals surface area contributed by atoms with E-state index >= 15 is 0 Å². The monoisotopic (exact) mass is 524 g/mol. The summed E-state index contributed by atoms with van der Waals surface area (Å²) >= 11 is 0. The van der Waals surface area contributed by atoms with Gasteiger partial charge < -0.3 is 4.90 Å². The van der Waals surface area contributed by atoms with Crippen molar-refractivity contribution in [3.8, 4) is 0 Å². The van der Waals surface area contributed by atoms with Gasteiger partial charge in [-0.3, -0.25) is 14.6 Å². The Morgan fingerprint density at radius 2 is 1.69 bits per heavy atom. The van der Waals surface area contributed by atoms with E-state index in [2.05, 4.69) is 4.90 Å². The highest BCUT2D eigenvalue weighted by molar-refractivity contribution is 6.11. The molecule has 2 aliphatic rings. The maximum absolute atomic E-state index is 14.0. The van der Waals surface area contributed by atoms with Crippen LogP contribution < -0.4 is 0 Å². The molecule has 2 heterocycles. The van der Waals surface area contributed by atoms with Crippen molar-refractivity contribution in [3.05, 3.63) is 101 Å². The number of carbonyl (C=O) groups is 2. The predicted octanol–water partition coefficient (Wildman–Crippen LogP) is 7.13. The number of nitrogens with zero attached hydrogens (tertiary/aromatic N) is 2. The first kappa shape index (κ1) is 27.1. The van der Waals surface area contributed by atoms with E-state index in [1.807, 2.05) is 55.5 Å². The largest absolute Gasteiger partial charge is 0.303 e. The Labute approximate surface area is 231 Å². The van der Waals surface area contributed by atoms with Crippen LogP contribution in [0.1, 0.15) is 72.0 Å². The van der Waals surface area contributed by atoms with E-state index in [1.165, 1.54) is 38.1 Å². The highest BCUT2D eigenvalue weighted by Crippen LogP contribution is 2.37. The second-order valence-corrected chi connectivity index (χ2v) is 11.0. The zero-order chi connectivity index (χ0) is 27.2. The summed E-state index contributed by atoms with van der Waals surface area (Å²) < 4.78 is 13.6. The van der Waals surface area contributed by atoms with E-state index in [-0.39, 0.29) is 23.3 Å². The molecule has 3 aromatic rings. The molecule has 0 aliphatic carbocycles. The van der Waals surface area contributed by atoms with Crippen molar-refractivity contribution in [2.45, 2.75) is 57.8 Å². The Morgan fingerprint density at radius 3 is 2.44 bits per heavy atom. The Bertz CT molecular complexity index is 1330. The van der Waals surface area contributed by atoms with Gasteiger partial charge in [0.2, 0.25) is 0 Å². The zero-order valence-corrected chi connectivity index (χ0v) is 22.7. The molecule has 1 fully saturated rings. The fourth-order valence-electron chi connectivity index (χ4n) is 5.82. The van der Waals surface area contributed by atoms with Gasteiger partial charge in [0.1, 0.15) is 11.6 Å². The summed E-state index contributed by atoms with van der Waals surface area (Å²) in [5.41, 5.74) is 5.00. The molecular weight excluding hydrogens is 487 g/mol. The summed E-state index contributed by atoms with van der Waals surface area (Å²) in [6.07, 6.45) is 5.97. The third-order valence-electron chi connectivity index (χ3n) is 8.17. The lowest BCUT2D eigenvalue weighted by molar-refractivity contribution is -0.122. The number of rotatable bonds is 10. The number of aliphatic imine (C=N–C) groups is 1. The van der Waals surface area contributed by atoms with E-state index in [4.69, 9.17) is 4.99 Å². The average Bonchev–Trinajstić information content (AvgIpc) is 3.45. The average molecular weight is 525 g/mol. The Hall–Kier alpha value is -3.44. The summed E-state index contributed by atoms with van der Waals surface area (Å²) in [6, 6.07) is 22.1. The van der Waals surface area contributed by atoms with Gasteiger partial charge in [-0.2, -0.15) is 0 Å². The van der Waals surface area contributed by atoms with Crippen molar-refractivity contribution in [1.29, 1.82) is 0 Å². The molecule has 4 nitrogen and oxygen atoms in total. The minimum absolute atomic E-state index is 0.0861. The molecular formula is C34H37FN2O2. The highest BCUT2D eigenvalue weighted by atomic mass is 19.1. The SMILES string of the molecule is CC1C(=O)C(Cc2ccc(F)cc2)c2cc(C(=O)CCCCN3CCCC3)ccc2N=C1Cc1ccccc1. The van der Waals surface area contributed by atoms with E-state index in [9.17, 15) is 14.0 Å². The van der Waals surface area contributed by atoms with E-state index in [1.54, 1.807) is 12.1 Å². The minimum atomic E-state index is -0.458. The second-order valence-electron chi connectivity index (χ2n) is 11.0. The first-order valence-electron chi connectivity index (χ1n) is 14.3. The molecule has 0 radical (unpaired) electrons. The molecule has 1 saturated heterocycles. The normalized spacial score (nSPS) is 19.4. The standard InChI is InChI=1S/C34H37FN2O2/c1-24-32(22-25-9-3-2-4-10-25)36-31-17-14-27(33(38)11-5-6-18-37-19-7-8-20-37)23-29(31)30(34(24)39)21-26-12-15-28(35)16-13-26/h2-4,9-10,12-17,23-24,30H,5-8,11,18-22H2,1H3. The number of unbranched alkanes of at least 4 members (excludes halogenated alkanes) is 1. The van der Waals surface area contributed by atoms with E-state index < -0.39 is 5.92 Å². The van der Waals surface area contributed by atoms with Crippen LogP contribution in [0.3, 0.4) is 0 Å². The van der Waals surface area contributed by atoms with Crippen molar-refractivity contribution in [1.82, 2.24) is 4.90 Å². The third-order valence-corrected chi connectivity index (χ3v) is 8.17. The van der Waals surface area contributed by atoms with Gasteiger partial charge in [-0.15, -0.1) is 0 Å². The van der Waals surface area contributed by atoms with Gasteiger partial charge in [0.25, 0.3) is 0 Å². The van der Waals surface area contributed by atoms with Crippen molar-refractivity contribution in [2.24, 2.45) is 10.9 Å². The minimum Gasteiger partial charge on any atom is -0.303 e.